The summed E-state index contributed by atoms with van der Waals surface area (Å²) in [6, 6.07) is 13.5. The predicted octanol–water partition coefficient (Wildman–Crippen LogP) is 2.74. The monoisotopic (exact) mass is 238 g/mol. The minimum Gasteiger partial charge on any atom is -0.399 e. The lowest BCUT2D eigenvalue weighted by Crippen LogP contribution is -2.22. The van der Waals surface area contributed by atoms with Crippen LogP contribution >= 0.6 is 0 Å². The van der Waals surface area contributed by atoms with Gasteiger partial charge >= 0.3 is 0 Å². The lowest BCUT2D eigenvalue weighted by molar-refractivity contribution is 0.0996. The molecule has 90 valence electrons. The first-order valence-corrected chi connectivity index (χ1v) is 5.92. The van der Waals surface area contributed by atoms with Gasteiger partial charge in [-0.25, -0.2) is 0 Å². The molecule has 0 bridgehead atoms. The highest BCUT2D eigenvalue weighted by Crippen LogP contribution is 2.29. The minimum absolute atomic E-state index is 0.0288. The maximum absolute atomic E-state index is 12.3. The Morgan fingerprint density at radius 2 is 1.83 bits per heavy atom. The fourth-order valence-corrected chi connectivity index (χ4v) is 2.25. The van der Waals surface area contributed by atoms with Gasteiger partial charge in [0.25, 0.3) is 5.91 Å². The van der Waals surface area contributed by atoms with E-state index in [9.17, 15) is 4.79 Å². The lowest BCUT2D eigenvalue weighted by atomic mass is 10.1. The number of nitrogens with two attached hydrogens (primary N) is 1. The van der Waals surface area contributed by atoms with E-state index in [2.05, 4.69) is 0 Å². The number of benzene rings is 2. The Hall–Kier alpha value is -2.29. The molecule has 2 aromatic carbocycles. The molecule has 1 heterocycles. The summed E-state index contributed by atoms with van der Waals surface area (Å²) in [5.74, 6) is 0.0288. The van der Waals surface area contributed by atoms with E-state index in [0.717, 1.165) is 16.8 Å². The molecule has 0 unspecified atom stereocenters. The zero-order valence-corrected chi connectivity index (χ0v) is 10.2. The molecule has 0 fully saturated rings. The van der Waals surface area contributed by atoms with E-state index < -0.39 is 0 Å². The molecule has 18 heavy (non-hydrogen) atoms. The molecule has 0 aliphatic carbocycles. The molecule has 1 aliphatic heterocycles. The number of hydrogen-bond acceptors (Lipinski definition) is 2. The van der Waals surface area contributed by atoms with E-state index in [-0.39, 0.29) is 5.91 Å². The molecule has 1 amide bonds. The minimum atomic E-state index is 0.0288. The molecule has 0 spiro atoms. The summed E-state index contributed by atoms with van der Waals surface area (Å²) in [5.41, 5.74) is 10.2. The van der Waals surface area contributed by atoms with Crippen LogP contribution in [0.5, 0.6) is 0 Å². The number of rotatable bonds is 1. The first-order valence-electron chi connectivity index (χ1n) is 5.92. The molecule has 3 heteroatoms. The summed E-state index contributed by atoms with van der Waals surface area (Å²) in [4.78, 5) is 14.1. The van der Waals surface area contributed by atoms with Crippen molar-refractivity contribution in [2.45, 2.75) is 13.5 Å². The van der Waals surface area contributed by atoms with Crippen molar-refractivity contribution in [2.24, 2.45) is 0 Å². The van der Waals surface area contributed by atoms with Crippen LogP contribution in [0.15, 0.2) is 42.5 Å². The van der Waals surface area contributed by atoms with Crippen LogP contribution in [0.3, 0.4) is 0 Å². The van der Waals surface area contributed by atoms with Crippen LogP contribution in [0.25, 0.3) is 0 Å². The van der Waals surface area contributed by atoms with E-state index in [1.165, 1.54) is 5.56 Å². The summed E-state index contributed by atoms with van der Waals surface area (Å²) in [7, 11) is 0. The number of anilines is 2. The number of amides is 1. The van der Waals surface area contributed by atoms with Gasteiger partial charge < -0.3 is 10.6 Å². The van der Waals surface area contributed by atoms with Gasteiger partial charge in [-0.3, -0.25) is 4.79 Å². The number of carbonyl (C=O) groups is 1. The van der Waals surface area contributed by atoms with Crippen molar-refractivity contribution >= 4 is 17.3 Å². The Morgan fingerprint density at radius 1 is 1.11 bits per heavy atom. The van der Waals surface area contributed by atoms with Crippen LogP contribution in [-0.4, -0.2) is 5.91 Å². The number of nitrogen functional groups attached to an aromatic ring is 1. The fourth-order valence-electron chi connectivity index (χ4n) is 2.25. The second-order valence-corrected chi connectivity index (χ2v) is 4.64. The van der Waals surface area contributed by atoms with Crippen LogP contribution in [0.4, 0.5) is 11.4 Å². The van der Waals surface area contributed by atoms with Crippen LogP contribution in [-0.2, 0) is 6.54 Å². The third-order valence-corrected chi connectivity index (χ3v) is 3.28. The largest absolute Gasteiger partial charge is 0.399 e. The van der Waals surface area contributed by atoms with Crippen LogP contribution < -0.4 is 10.6 Å². The molecule has 0 radical (unpaired) electrons. The number of fused-ring (bicyclic) bond motifs is 1. The molecule has 3 nitrogen and oxygen atoms in total. The quantitative estimate of drug-likeness (QED) is 0.776. The Labute approximate surface area is 106 Å². The molecule has 0 atom stereocenters. The van der Waals surface area contributed by atoms with Gasteiger partial charge in [0.15, 0.2) is 0 Å². The molecule has 0 aromatic heterocycles. The van der Waals surface area contributed by atoms with Crippen molar-refractivity contribution < 1.29 is 4.79 Å². The van der Waals surface area contributed by atoms with Crippen LogP contribution in [0, 0.1) is 6.92 Å². The third kappa shape index (κ3) is 1.64. The third-order valence-electron chi connectivity index (χ3n) is 3.28. The van der Waals surface area contributed by atoms with Crippen molar-refractivity contribution in [3.63, 3.8) is 0 Å². The van der Waals surface area contributed by atoms with Gasteiger partial charge in [0.05, 0.1) is 6.54 Å². The van der Waals surface area contributed by atoms with E-state index >= 15 is 0 Å². The average molecular weight is 238 g/mol. The Balaban J connectivity index is 1.99. The topological polar surface area (TPSA) is 46.3 Å². The lowest BCUT2D eigenvalue weighted by Gasteiger charge is -2.15. The van der Waals surface area contributed by atoms with Crippen molar-refractivity contribution in [2.75, 3.05) is 10.6 Å². The van der Waals surface area contributed by atoms with Crippen molar-refractivity contribution in [1.82, 2.24) is 0 Å². The highest BCUT2D eigenvalue weighted by Gasteiger charge is 2.28. The van der Waals surface area contributed by atoms with E-state index in [1.807, 2.05) is 43.3 Å². The Morgan fingerprint density at radius 3 is 2.56 bits per heavy atom. The number of hydrogen-bond donors (Lipinski definition) is 1. The number of carbonyl (C=O) groups excluding carboxylic acids is 1. The van der Waals surface area contributed by atoms with Crippen molar-refractivity contribution in [1.29, 1.82) is 0 Å². The van der Waals surface area contributed by atoms with Gasteiger partial charge in [-0.05, 0) is 36.8 Å². The Kier molecular flexibility index (Phi) is 2.33. The van der Waals surface area contributed by atoms with Crippen LogP contribution in [0.1, 0.15) is 21.5 Å². The molecular formula is C15H14N2O. The summed E-state index contributed by atoms with van der Waals surface area (Å²) >= 11 is 0. The molecule has 3 rings (SSSR count). The second-order valence-electron chi connectivity index (χ2n) is 4.64. The van der Waals surface area contributed by atoms with Gasteiger partial charge in [0.1, 0.15) is 0 Å². The van der Waals surface area contributed by atoms with Crippen molar-refractivity contribution in [3.8, 4) is 0 Å². The SMILES string of the molecule is Cc1ccc(N2Cc3ccc(N)cc3C2=O)cc1. The second kappa shape index (κ2) is 3.88. The molecule has 2 N–H and O–H groups in total. The first-order chi connectivity index (χ1) is 8.65. The summed E-state index contributed by atoms with van der Waals surface area (Å²) in [6.07, 6.45) is 0. The van der Waals surface area contributed by atoms with Crippen molar-refractivity contribution in [3.05, 3.63) is 59.2 Å². The van der Waals surface area contributed by atoms with E-state index in [4.69, 9.17) is 5.73 Å². The molecular weight excluding hydrogens is 224 g/mol. The predicted molar refractivity (Wildman–Crippen MR) is 72.5 cm³/mol. The van der Waals surface area contributed by atoms with Gasteiger partial charge in [-0.2, -0.15) is 0 Å². The standard InChI is InChI=1S/C15H14N2O/c1-10-2-6-13(7-3-10)17-9-11-4-5-12(16)8-14(11)15(17)18/h2-8H,9,16H2,1H3. The van der Waals surface area contributed by atoms with E-state index in [0.29, 0.717) is 12.2 Å². The van der Waals surface area contributed by atoms with E-state index in [1.54, 1.807) is 11.0 Å². The van der Waals surface area contributed by atoms with Gasteiger partial charge in [0, 0.05) is 16.9 Å². The number of nitrogens with zero attached hydrogens (tertiary/aromatic N) is 1. The maximum Gasteiger partial charge on any atom is 0.259 e. The van der Waals surface area contributed by atoms with Crippen LogP contribution in [0.2, 0.25) is 0 Å². The Bertz CT molecular complexity index is 617. The maximum atomic E-state index is 12.3. The van der Waals surface area contributed by atoms with Gasteiger partial charge in [-0.15, -0.1) is 0 Å². The normalized spacial score (nSPS) is 13.8. The first kappa shape index (κ1) is 10.8. The fraction of sp³-hybridized carbons (Fsp3) is 0.133. The molecule has 0 saturated heterocycles. The summed E-state index contributed by atoms with van der Waals surface area (Å²) in [5, 5.41) is 0. The van der Waals surface area contributed by atoms with Gasteiger partial charge in [-0.1, -0.05) is 23.8 Å². The highest BCUT2D eigenvalue weighted by molar-refractivity contribution is 6.10. The smallest absolute Gasteiger partial charge is 0.259 e. The zero-order chi connectivity index (χ0) is 12.7. The summed E-state index contributed by atoms with van der Waals surface area (Å²) in [6.45, 7) is 2.66. The summed E-state index contributed by atoms with van der Waals surface area (Å²) < 4.78 is 0. The number of aryl methyl sites for hydroxylation is 1. The molecule has 1 aliphatic rings. The highest BCUT2D eigenvalue weighted by atomic mass is 16.2. The average Bonchev–Trinajstić information content (AvgIpc) is 2.68. The molecule has 0 saturated carbocycles. The zero-order valence-electron chi connectivity index (χ0n) is 10.2. The molecule has 2 aromatic rings. The van der Waals surface area contributed by atoms with Gasteiger partial charge in [0.2, 0.25) is 0 Å².